The van der Waals surface area contributed by atoms with Gasteiger partial charge >= 0.3 is 5.97 Å². The second kappa shape index (κ2) is 9.88. The lowest BCUT2D eigenvalue weighted by molar-refractivity contribution is -0.139. The second-order valence-electron chi connectivity index (χ2n) is 8.64. The van der Waals surface area contributed by atoms with Gasteiger partial charge in [0.15, 0.2) is 16.3 Å². The van der Waals surface area contributed by atoms with E-state index in [0.717, 1.165) is 15.8 Å². The molecule has 2 aliphatic heterocycles. The molecule has 0 fully saturated rings. The Morgan fingerprint density at radius 1 is 1.11 bits per heavy atom. The quantitative estimate of drug-likeness (QED) is 0.419. The van der Waals surface area contributed by atoms with Gasteiger partial charge in [-0.15, -0.1) is 0 Å². The zero-order valence-electron chi connectivity index (χ0n) is 21.3. The van der Waals surface area contributed by atoms with Gasteiger partial charge in [-0.1, -0.05) is 33.3 Å². The van der Waals surface area contributed by atoms with Crippen LogP contribution in [0, 0.1) is 0 Å². The first-order valence-corrected chi connectivity index (χ1v) is 13.3. The van der Waals surface area contributed by atoms with E-state index in [4.69, 9.17) is 14.2 Å². The topological polar surface area (TPSA) is 99.4 Å². The van der Waals surface area contributed by atoms with Crippen molar-refractivity contribution in [3.05, 3.63) is 83.0 Å². The normalized spacial score (nSPS) is 17.7. The van der Waals surface area contributed by atoms with Crippen molar-refractivity contribution in [2.75, 3.05) is 32.8 Å². The molecule has 0 saturated heterocycles. The number of aromatic nitrogens is 1. The van der Waals surface area contributed by atoms with Gasteiger partial charge in [0.1, 0.15) is 4.53 Å². The van der Waals surface area contributed by atoms with Crippen LogP contribution in [0.5, 0.6) is 11.5 Å². The van der Waals surface area contributed by atoms with Gasteiger partial charge in [0.25, 0.3) is 11.5 Å². The third-order valence-electron chi connectivity index (χ3n) is 6.55. The number of hydrogen-bond donors (Lipinski definition) is 0. The van der Waals surface area contributed by atoms with E-state index >= 15 is 0 Å². The van der Waals surface area contributed by atoms with E-state index in [9.17, 15) is 14.4 Å². The highest BCUT2D eigenvalue weighted by atomic mass is 79.9. The molecule has 9 nitrogen and oxygen atoms in total. The van der Waals surface area contributed by atoms with Gasteiger partial charge in [0, 0.05) is 17.1 Å². The first kappa shape index (κ1) is 25.9. The fourth-order valence-electron chi connectivity index (χ4n) is 4.79. The van der Waals surface area contributed by atoms with E-state index in [-0.39, 0.29) is 22.6 Å². The number of rotatable bonds is 5. The number of carbonyl (C=O) groups excluding carboxylic acids is 2. The molecular formula is C27H24BrN3O6S. The molecular weight excluding hydrogens is 574 g/mol. The van der Waals surface area contributed by atoms with Crippen molar-refractivity contribution >= 4 is 50.4 Å². The van der Waals surface area contributed by atoms with Gasteiger partial charge in [-0.05, 0) is 49.7 Å². The largest absolute Gasteiger partial charge is 0.493 e. The van der Waals surface area contributed by atoms with E-state index in [1.807, 2.05) is 18.2 Å². The Hall–Kier alpha value is -3.70. The monoisotopic (exact) mass is 597 g/mol. The fraction of sp³-hybridized carbons (Fsp3) is 0.259. The third kappa shape index (κ3) is 3.97. The predicted molar refractivity (Wildman–Crippen MR) is 146 cm³/mol. The molecule has 11 heteroatoms. The van der Waals surface area contributed by atoms with Gasteiger partial charge in [0.05, 0.1) is 49.4 Å². The van der Waals surface area contributed by atoms with Crippen LogP contribution >= 0.6 is 27.3 Å². The minimum atomic E-state index is -0.851. The van der Waals surface area contributed by atoms with Crippen molar-refractivity contribution in [1.82, 2.24) is 4.57 Å². The van der Waals surface area contributed by atoms with E-state index < -0.39 is 17.6 Å². The fourth-order valence-corrected chi connectivity index (χ4v) is 6.29. The maximum atomic E-state index is 14.1. The smallest absolute Gasteiger partial charge is 0.338 e. The Morgan fingerprint density at radius 2 is 1.84 bits per heavy atom. The van der Waals surface area contributed by atoms with Crippen LogP contribution in [0.2, 0.25) is 0 Å². The Balaban J connectivity index is 1.84. The van der Waals surface area contributed by atoms with Crippen molar-refractivity contribution in [2.24, 2.45) is 4.99 Å². The third-order valence-corrected chi connectivity index (χ3v) is 8.10. The van der Waals surface area contributed by atoms with Crippen molar-refractivity contribution in [3.8, 4) is 11.5 Å². The molecule has 0 bridgehead atoms. The van der Waals surface area contributed by atoms with Gasteiger partial charge in [0.2, 0.25) is 0 Å². The van der Waals surface area contributed by atoms with Crippen LogP contribution in [0.4, 0.5) is 5.69 Å². The number of allylic oxidation sites excluding steroid dienone is 1. The second-order valence-corrected chi connectivity index (χ2v) is 10.5. The highest BCUT2D eigenvalue weighted by Crippen LogP contribution is 2.38. The summed E-state index contributed by atoms with van der Waals surface area (Å²) in [7, 11) is 4.72. The molecule has 2 aromatic carbocycles. The highest BCUT2D eigenvalue weighted by Gasteiger charge is 2.36. The molecule has 0 aliphatic carbocycles. The SMILES string of the molecule is CCOC(=O)C1=C(C)N=c2s/c(=C3\C(=O)N(C)c4ccc(Br)cc43)c(=O)n2[C@@H]1c1ccc(OC)c(OC)c1. The number of amides is 1. The summed E-state index contributed by atoms with van der Waals surface area (Å²) in [4.78, 5) is 47.2. The Labute approximate surface area is 230 Å². The molecule has 38 heavy (non-hydrogen) atoms. The molecule has 0 saturated carbocycles. The Kier molecular flexibility index (Phi) is 6.74. The van der Waals surface area contributed by atoms with Crippen molar-refractivity contribution in [2.45, 2.75) is 19.9 Å². The summed E-state index contributed by atoms with van der Waals surface area (Å²) < 4.78 is 18.7. The van der Waals surface area contributed by atoms with Crippen molar-refractivity contribution in [3.63, 3.8) is 0 Å². The number of methoxy groups -OCH3 is 2. The number of benzene rings is 2. The van der Waals surface area contributed by atoms with Gasteiger partial charge < -0.3 is 19.1 Å². The number of nitrogens with zero attached hydrogens (tertiary/aromatic N) is 3. The maximum absolute atomic E-state index is 14.1. The standard InChI is InChI=1S/C27H24BrN3O6S/c1-6-37-26(34)20-13(2)29-27-31(22(20)14-7-10-18(35-4)19(11-14)36-5)25(33)23(38-27)21-16-12-15(28)8-9-17(16)30(3)24(21)32/h7-12,22H,6H2,1-5H3/b23-21-/t22-/m1/s1. The van der Waals surface area contributed by atoms with Crippen LogP contribution in [0.3, 0.4) is 0 Å². The molecule has 0 N–H and O–H groups in total. The van der Waals surface area contributed by atoms with E-state index in [1.165, 1.54) is 23.7 Å². The predicted octanol–water partition coefficient (Wildman–Crippen LogP) is 2.92. The number of fused-ring (bicyclic) bond motifs is 2. The number of ether oxygens (including phenoxy) is 3. The lowest BCUT2D eigenvalue weighted by atomic mass is 9.95. The van der Waals surface area contributed by atoms with Crippen LogP contribution in [0.15, 0.2) is 61.9 Å². The van der Waals surface area contributed by atoms with Crippen LogP contribution < -0.4 is 29.3 Å². The van der Waals surface area contributed by atoms with Crippen molar-refractivity contribution in [1.29, 1.82) is 0 Å². The van der Waals surface area contributed by atoms with E-state index in [1.54, 1.807) is 39.1 Å². The van der Waals surface area contributed by atoms with Crippen molar-refractivity contribution < 1.29 is 23.8 Å². The van der Waals surface area contributed by atoms with Crippen LogP contribution in [0.1, 0.15) is 31.0 Å². The molecule has 0 unspecified atom stereocenters. The average Bonchev–Trinajstić information content (AvgIpc) is 3.34. The lowest BCUT2D eigenvalue weighted by Crippen LogP contribution is -2.40. The van der Waals surface area contributed by atoms with Gasteiger partial charge in [-0.25, -0.2) is 9.79 Å². The van der Waals surface area contributed by atoms with Gasteiger partial charge in [-0.3, -0.25) is 14.2 Å². The van der Waals surface area contributed by atoms with E-state index in [0.29, 0.717) is 44.4 Å². The number of likely N-dealkylation sites (N-methyl/N-ethyl adjacent to an activating group) is 1. The minimum Gasteiger partial charge on any atom is -0.493 e. The molecule has 0 spiro atoms. The number of carbonyl (C=O) groups is 2. The molecule has 196 valence electrons. The summed E-state index contributed by atoms with van der Waals surface area (Å²) in [6.45, 7) is 3.59. The van der Waals surface area contributed by atoms with Crippen LogP contribution in [-0.2, 0) is 14.3 Å². The molecule has 0 radical (unpaired) electrons. The molecule has 1 amide bonds. The number of thiazole rings is 1. The lowest BCUT2D eigenvalue weighted by Gasteiger charge is -2.25. The highest BCUT2D eigenvalue weighted by molar-refractivity contribution is 9.10. The maximum Gasteiger partial charge on any atom is 0.338 e. The average molecular weight is 598 g/mol. The molecule has 5 rings (SSSR count). The molecule has 3 aromatic rings. The Morgan fingerprint density at radius 3 is 2.53 bits per heavy atom. The number of hydrogen-bond acceptors (Lipinski definition) is 8. The molecule has 2 aliphatic rings. The summed E-state index contributed by atoms with van der Waals surface area (Å²) in [5.41, 5.74) is 2.51. The van der Waals surface area contributed by atoms with Crippen LogP contribution in [0.25, 0.3) is 5.57 Å². The minimum absolute atomic E-state index is 0.162. The van der Waals surface area contributed by atoms with E-state index in [2.05, 4.69) is 20.9 Å². The molecule has 1 atom stereocenters. The summed E-state index contributed by atoms with van der Waals surface area (Å²) in [6.07, 6.45) is 0. The first-order valence-electron chi connectivity index (χ1n) is 11.7. The number of halogens is 1. The van der Waals surface area contributed by atoms with Gasteiger partial charge in [-0.2, -0.15) is 0 Å². The number of anilines is 1. The summed E-state index contributed by atoms with van der Waals surface area (Å²) >= 11 is 4.59. The zero-order chi connectivity index (χ0) is 27.3. The molecule has 3 heterocycles. The summed E-state index contributed by atoms with van der Waals surface area (Å²) in [5.74, 6) is 0.0926. The summed E-state index contributed by atoms with van der Waals surface area (Å²) in [5, 5.41) is 0. The zero-order valence-corrected chi connectivity index (χ0v) is 23.7. The molecule has 1 aromatic heterocycles. The summed E-state index contributed by atoms with van der Waals surface area (Å²) in [6, 6.07) is 9.86. The number of esters is 1. The van der Waals surface area contributed by atoms with Crippen LogP contribution in [-0.4, -0.2) is 44.3 Å². The Bertz CT molecular complexity index is 1720. The first-order chi connectivity index (χ1) is 18.2.